The molecular weight excluding hydrogens is 985 g/mol. The monoisotopic (exact) mass is 1100 g/mol. The van der Waals surface area contributed by atoms with Gasteiger partial charge in [-0.15, -0.1) is 0 Å². The summed E-state index contributed by atoms with van der Waals surface area (Å²) < 4.78 is 22.6. The van der Waals surface area contributed by atoms with Crippen LogP contribution in [0.5, 0.6) is 0 Å². The topological polar surface area (TPSA) is 61.8 Å². The quantitative estimate of drug-likeness (QED) is 0.138. The van der Waals surface area contributed by atoms with Crippen LogP contribution in [0.1, 0.15) is 215 Å². The summed E-state index contributed by atoms with van der Waals surface area (Å²) in [7, 11) is -8.33. The molecule has 0 aromatic heterocycles. The molecule has 0 heterocycles. The van der Waals surface area contributed by atoms with Gasteiger partial charge < -0.3 is 14.2 Å². The lowest BCUT2D eigenvalue weighted by Crippen LogP contribution is -2.70. The summed E-state index contributed by atoms with van der Waals surface area (Å²) in [5.74, 6) is 3.03. The van der Waals surface area contributed by atoms with Gasteiger partial charge in [0.15, 0.2) is 0 Å². The zero-order valence-electron chi connectivity index (χ0n) is 53.9. The Bertz CT molecular complexity index is 2140. The summed E-state index contributed by atoms with van der Waals surface area (Å²) in [5.41, 5.74) is 4.42. The van der Waals surface area contributed by atoms with E-state index in [0.29, 0.717) is 46.6 Å². The molecule has 6 unspecified atom stereocenters. The van der Waals surface area contributed by atoms with Crippen molar-refractivity contribution in [2.45, 2.75) is 321 Å². The van der Waals surface area contributed by atoms with E-state index in [-0.39, 0.29) is 66.0 Å². The van der Waals surface area contributed by atoms with Gasteiger partial charge in [0, 0.05) is 35.5 Å². The van der Waals surface area contributed by atoms with Crippen molar-refractivity contribution < 1.29 is 23.8 Å². The van der Waals surface area contributed by atoms with Crippen molar-refractivity contribution in [3.63, 3.8) is 0 Å². The first-order chi connectivity index (χ1) is 33.8. The Morgan fingerprint density at radius 2 is 0.773 bits per heavy atom. The maximum Gasteiger partial charge on any atom is 0.302 e. The van der Waals surface area contributed by atoms with Crippen LogP contribution in [0.2, 0.25) is 83.6 Å². The second-order valence-electron chi connectivity index (χ2n) is 35.0. The summed E-state index contributed by atoms with van der Waals surface area (Å²) in [6, 6.07) is 0. The van der Waals surface area contributed by atoms with Crippen LogP contribution in [0.25, 0.3) is 0 Å². The zero-order valence-corrected chi connectivity index (χ0v) is 57.9. The van der Waals surface area contributed by atoms with Gasteiger partial charge in [0.1, 0.15) is 26.6 Å². The van der Waals surface area contributed by atoms with Crippen LogP contribution < -0.4 is 0 Å². The first-order valence-electron chi connectivity index (χ1n) is 31.3. The lowest BCUT2D eigenvalue weighted by Gasteiger charge is -2.68. The van der Waals surface area contributed by atoms with Gasteiger partial charge in [0.05, 0.1) is 28.4 Å². The molecule has 8 rings (SSSR count). The minimum atomic E-state index is -2.23. The number of rotatable bonds is 8. The van der Waals surface area contributed by atoms with Crippen LogP contribution in [0.3, 0.4) is 0 Å². The van der Waals surface area contributed by atoms with Gasteiger partial charge in [-0.1, -0.05) is 186 Å². The van der Waals surface area contributed by atoms with Gasteiger partial charge in [-0.3, -0.25) is 9.59 Å². The van der Waals surface area contributed by atoms with Gasteiger partial charge in [0.25, 0.3) is 0 Å². The first kappa shape index (κ1) is 60.3. The Morgan fingerprint density at radius 1 is 0.467 bits per heavy atom. The van der Waals surface area contributed by atoms with E-state index in [1.807, 2.05) is 0 Å². The van der Waals surface area contributed by atoms with Crippen LogP contribution >= 0.6 is 0 Å². The van der Waals surface area contributed by atoms with E-state index in [2.05, 4.69) is 175 Å². The number of carbonyl (C=O) groups is 2. The molecule has 0 aliphatic heterocycles. The van der Waals surface area contributed by atoms with E-state index in [4.69, 9.17) is 14.2 Å². The second-order valence-corrected chi connectivity index (χ2v) is 57.3. The fourth-order valence-electron chi connectivity index (χ4n) is 20.8. The van der Waals surface area contributed by atoms with Gasteiger partial charge in [-0.2, -0.15) is 0 Å². The Morgan fingerprint density at radius 3 is 1.05 bits per heavy atom. The van der Waals surface area contributed by atoms with Gasteiger partial charge >= 0.3 is 11.9 Å². The molecular formula is C66H118O5Si4. The highest BCUT2D eigenvalue weighted by Crippen LogP contribution is 2.77. The summed E-state index contributed by atoms with van der Waals surface area (Å²) in [4.78, 5) is 27.2. The van der Waals surface area contributed by atoms with Crippen LogP contribution in [-0.2, 0) is 23.8 Å². The summed E-state index contributed by atoms with van der Waals surface area (Å²) >= 11 is 0. The smallest absolute Gasteiger partial charge is 0.302 e. The fraction of sp³-hybridized carbons (Fsp3) is 0.909. The highest BCUT2D eigenvalue weighted by atomic mass is 28.3. The van der Waals surface area contributed by atoms with Gasteiger partial charge in [-0.05, 0) is 157 Å². The molecule has 0 saturated heterocycles. The predicted octanol–water partition coefficient (Wildman–Crippen LogP) is 19.3. The molecule has 6 saturated carbocycles. The number of hydrogen-bond donors (Lipinski definition) is 0. The standard InChI is InChI=1S/C66H118O5Si4/c1-43(67)70-65(74(23,24)59(9,10)11)39-35-47-55-49(33-37-61(47,65)15)63(17)45(41-51(55)72(19,20)57(3,4)5)29-27-31-53(63)69-54-32-28-30-46-42-52(73(21,22)58(6,7)8)56-48-36-40-66(71-44(2)68,75(25,26)60(12,13)14)62(48,16)38-34-50(56)64(46,54)18/h41-42,47-56H,27-40H2,1-26H3/t47-,48-,49+,50+,51?,52?,53?,54?,55-,56-,61-,62-,63-,64-,65?,66?/m0/s1. The van der Waals surface area contributed by atoms with Crippen LogP contribution in [0, 0.1) is 57.2 Å². The highest BCUT2D eigenvalue weighted by molar-refractivity contribution is 6.84. The lowest BCUT2D eigenvalue weighted by molar-refractivity contribution is -0.192. The van der Waals surface area contributed by atoms with Crippen LogP contribution in [0.15, 0.2) is 23.3 Å². The Hall–Kier alpha value is -0.752. The summed E-state index contributed by atoms with van der Waals surface area (Å²) in [5, 5.41) is -0.145. The fourth-order valence-corrected chi connectivity index (χ4v) is 35.1. The number of carbonyl (C=O) groups excluding carboxylic acids is 2. The Balaban J connectivity index is 1.25. The van der Waals surface area contributed by atoms with E-state index >= 15 is 0 Å². The van der Waals surface area contributed by atoms with Crippen molar-refractivity contribution in [3.8, 4) is 0 Å². The molecule has 6 fully saturated rings. The average Bonchev–Trinajstić information content (AvgIpc) is 3.73. The Labute approximate surface area is 466 Å². The van der Waals surface area contributed by atoms with Gasteiger partial charge in [-0.25, -0.2) is 0 Å². The van der Waals surface area contributed by atoms with E-state index in [9.17, 15) is 9.59 Å². The van der Waals surface area contributed by atoms with Gasteiger partial charge in [0.2, 0.25) is 0 Å². The largest absolute Gasteiger partial charge is 0.463 e. The molecule has 0 N–H and O–H groups in total. The SMILES string of the molecule is CC(=O)OC1([Si](C)(C)C(C)(C)C)CC[C@H]2[C@@H]3C([Si](C)(C)C(C)(C)C)C=C4CCCC(OC5CCCC6=CC([Si](C)(C)C(C)(C)C)[C@@H]7[C@@H](CC[C@@]8(C)[C@H]7CCC8(OC(C)=O)[Si](C)(C)C(C)(C)C)[C@]65C)[C@]4(C)[C@@H]3CC[C@@]21C. The highest BCUT2D eigenvalue weighted by Gasteiger charge is 2.76. The number of fused-ring (bicyclic) bond motifs is 10. The molecule has 0 amide bonds. The third kappa shape index (κ3) is 8.18. The number of ether oxygens (including phenoxy) is 3. The van der Waals surface area contributed by atoms with Crippen molar-refractivity contribution >= 4 is 44.2 Å². The molecule has 9 heteroatoms. The molecule has 0 aromatic rings. The minimum Gasteiger partial charge on any atom is -0.463 e. The first-order valence-corrected chi connectivity index (χ1v) is 43.5. The molecule has 8 aliphatic rings. The molecule has 0 bridgehead atoms. The lowest BCUT2D eigenvalue weighted by atomic mass is 9.46. The molecule has 0 aromatic carbocycles. The van der Waals surface area contributed by atoms with Crippen molar-refractivity contribution in [1.82, 2.24) is 0 Å². The van der Waals surface area contributed by atoms with E-state index in [1.54, 1.807) is 25.0 Å². The number of hydrogen-bond acceptors (Lipinski definition) is 5. The summed E-state index contributed by atoms with van der Waals surface area (Å²) in [6.45, 7) is 65.5. The molecule has 16 atom stereocenters. The van der Waals surface area contributed by atoms with Crippen molar-refractivity contribution in [2.75, 3.05) is 0 Å². The van der Waals surface area contributed by atoms with Crippen LogP contribution in [0.4, 0.5) is 0 Å². The normalized spacial score (nSPS) is 42.7. The average molecular weight is 1100 g/mol. The third-order valence-electron chi connectivity index (χ3n) is 28.8. The minimum absolute atomic E-state index is 0.0361. The van der Waals surface area contributed by atoms with Crippen LogP contribution in [-0.4, -0.2) is 66.9 Å². The van der Waals surface area contributed by atoms with Crippen molar-refractivity contribution in [3.05, 3.63) is 23.3 Å². The molecule has 428 valence electrons. The molecule has 5 nitrogen and oxygen atoms in total. The van der Waals surface area contributed by atoms with Crippen molar-refractivity contribution in [1.29, 1.82) is 0 Å². The molecule has 0 radical (unpaired) electrons. The molecule has 75 heavy (non-hydrogen) atoms. The number of allylic oxidation sites excluding steroid dienone is 2. The maximum atomic E-state index is 13.6. The predicted molar refractivity (Wildman–Crippen MR) is 328 cm³/mol. The molecule has 0 spiro atoms. The van der Waals surface area contributed by atoms with Crippen molar-refractivity contribution in [2.24, 2.45) is 57.2 Å². The maximum absolute atomic E-state index is 13.6. The van der Waals surface area contributed by atoms with E-state index < -0.39 is 42.7 Å². The van der Waals surface area contributed by atoms with E-state index in [0.717, 1.165) is 51.4 Å². The zero-order chi connectivity index (χ0) is 56.5. The summed E-state index contributed by atoms with van der Waals surface area (Å²) in [6.07, 6.45) is 22.4. The number of esters is 2. The third-order valence-corrected chi connectivity index (χ3v) is 54.4. The second kappa shape index (κ2) is 18.4. The van der Waals surface area contributed by atoms with E-state index in [1.165, 1.54) is 38.5 Å². The molecule has 8 aliphatic carbocycles. The Kier molecular flexibility index (Phi) is 14.8.